The second-order valence-electron chi connectivity index (χ2n) is 1.86. The van der Waals surface area contributed by atoms with Crippen molar-refractivity contribution in [2.75, 3.05) is 0 Å². The summed E-state index contributed by atoms with van der Waals surface area (Å²) in [7, 11) is 0. The van der Waals surface area contributed by atoms with Crippen LogP contribution >= 0.6 is 12.4 Å². The molecular formula is C5H15ClN2. The Hall–Kier alpha value is 0.210. The largest absolute Gasteiger partial charge is 0.271 e. The van der Waals surface area contributed by atoms with E-state index in [4.69, 9.17) is 5.84 Å². The van der Waals surface area contributed by atoms with Gasteiger partial charge in [-0.1, -0.05) is 13.3 Å². The molecule has 0 saturated heterocycles. The Kier molecular flexibility index (Phi) is 9.97. The Morgan fingerprint density at radius 1 is 1.62 bits per heavy atom. The number of rotatable bonds is 3. The average Bonchev–Trinajstić information content (AvgIpc) is 1.68. The Balaban J connectivity index is 0. The maximum absolute atomic E-state index is 5.11. The van der Waals surface area contributed by atoms with Crippen LogP contribution in [0.1, 0.15) is 26.7 Å². The summed E-state index contributed by atoms with van der Waals surface area (Å²) in [5, 5.41) is 0. The molecule has 1 unspecified atom stereocenters. The number of nitrogens with one attached hydrogen (secondary N) is 1. The van der Waals surface area contributed by atoms with Crippen LogP contribution in [0.3, 0.4) is 0 Å². The molecule has 0 aromatic carbocycles. The molecule has 0 aliphatic heterocycles. The molecule has 0 aliphatic rings. The molecule has 3 heteroatoms. The SMILES string of the molecule is CCCC(C)NN.Cl. The topological polar surface area (TPSA) is 38.0 Å². The molecule has 1 atom stereocenters. The van der Waals surface area contributed by atoms with Crippen molar-refractivity contribution in [3.05, 3.63) is 0 Å². The van der Waals surface area contributed by atoms with E-state index in [1.807, 2.05) is 0 Å². The zero-order chi connectivity index (χ0) is 5.70. The van der Waals surface area contributed by atoms with Crippen LogP contribution in [-0.4, -0.2) is 6.04 Å². The highest BCUT2D eigenvalue weighted by Crippen LogP contribution is 1.90. The van der Waals surface area contributed by atoms with Crippen LogP contribution in [0.4, 0.5) is 0 Å². The Morgan fingerprint density at radius 2 is 2.12 bits per heavy atom. The molecule has 3 N–H and O–H groups in total. The molecule has 0 radical (unpaired) electrons. The fraction of sp³-hybridized carbons (Fsp3) is 1.00. The predicted octanol–water partition coefficient (Wildman–Crippen LogP) is 1.06. The molecule has 0 spiro atoms. The second kappa shape index (κ2) is 7.21. The van der Waals surface area contributed by atoms with E-state index < -0.39 is 0 Å². The van der Waals surface area contributed by atoms with Crippen LogP contribution in [0.5, 0.6) is 0 Å². The van der Waals surface area contributed by atoms with Crippen LogP contribution in [-0.2, 0) is 0 Å². The van der Waals surface area contributed by atoms with Gasteiger partial charge in [0.25, 0.3) is 0 Å². The van der Waals surface area contributed by atoms with E-state index in [9.17, 15) is 0 Å². The van der Waals surface area contributed by atoms with Crippen LogP contribution in [0, 0.1) is 0 Å². The monoisotopic (exact) mass is 138 g/mol. The van der Waals surface area contributed by atoms with E-state index in [0.717, 1.165) is 6.42 Å². The minimum Gasteiger partial charge on any atom is -0.271 e. The van der Waals surface area contributed by atoms with E-state index in [2.05, 4.69) is 19.3 Å². The molecule has 0 fully saturated rings. The van der Waals surface area contributed by atoms with Crippen LogP contribution in [0.2, 0.25) is 0 Å². The first kappa shape index (κ1) is 11.1. The number of halogens is 1. The molecule has 0 aromatic heterocycles. The first-order chi connectivity index (χ1) is 3.31. The zero-order valence-corrected chi connectivity index (χ0v) is 6.29. The van der Waals surface area contributed by atoms with Gasteiger partial charge in [0, 0.05) is 6.04 Å². The molecule has 0 heterocycles. The average molecular weight is 139 g/mol. The molecular weight excluding hydrogens is 124 g/mol. The van der Waals surface area contributed by atoms with Crippen LogP contribution < -0.4 is 11.3 Å². The fourth-order valence-corrected chi connectivity index (χ4v) is 0.516. The van der Waals surface area contributed by atoms with Crippen molar-refractivity contribution in [3.8, 4) is 0 Å². The van der Waals surface area contributed by atoms with Crippen molar-refractivity contribution in [1.82, 2.24) is 5.43 Å². The summed E-state index contributed by atoms with van der Waals surface area (Å²) in [6.45, 7) is 4.22. The van der Waals surface area contributed by atoms with Gasteiger partial charge in [0.05, 0.1) is 0 Å². The molecule has 2 nitrogen and oxygen atoms in total. The highest BCUT2D eigenvalue weighted by Gasteiger charge is 1.91. The van der Waals surface area contributed by atoms with Gasteiger partial charge in [0.2, 0.25) is 0 Å². The highest BCUT2D eigenvalue weighted by atomic mass is 35.5. The van der Waals surface area contributed by atoms with Gasteiger partial charge in [-0.3, -0.25) is 11.3 Å². The van der Waals surface area contributed by atoms with E-state index >= 15 is 0 Å². The van der Waals surface area contributed by atoms with Gasteiger partial charge in [-0.25, -0.2) is 0 Å². The first-order valence-electron chi connectivity index (χ1n) is 2.77. The summed E-state index contributed by atoms with van der Waals surface area (Å²) in [4.78, 5) is 0. The summed E-state index contributed by atoms with van der Waals surface area (Å²) in [6, 6.07) is 0.477. The third-order valence-corrected chi connectivity index (χ3v) is 1.01. The van der Waals surface area contributed by atoms with Crippen molar-refractivity contribution in [2.45, 2.75) is 32.7 Å². The minimum absolute atomic E-state index is 0. The Labute approximate surface area is 57.2 Å². The lowest BCUT2D eigenvalue weighted by Crippen LogP contribution is -2.32. The van der Waals surface area contributed by atoms with E-state index in [1.54, 1.807) is 0 Å². The van der Waals surface area contributed by atoms with Crippen molar-refractivity contribution in [2.24, 2.45) is 5.84 Å². The van der Waals surface area contributed by atoms with Crippen LogP contribution in [0.15, 0.2) is 0 Å². The van der Waals surface area contributed by atoms with E-state index in [-0.39, 0.29) is 12.4 Å². The van der Waals surface area contributed by atoms with Crippen molar-refractivity contribution < 1.29 is 0 Å². The molecule has 52 valence electrons. The quantitative estimate of drug-likeness (QED) is 0.452. The van der Waals surface area contributed by atoms with Gasteiger partial charge < -0.3 is 0 Å². The van der Waals surface area contributed by atoms with Gasteiger partial charge in [-0.15, -0.1) is 12.4 Å². The summed E-state index contributed by atoms with van der Waals surface area (Å²) < 4.78 is 0. The molecule has 8 heavy (non-hydrogen) atoms. The van der Waals surface area contributed by atoms with Crippen molar-refractivity contribution in [3.63, 3.8) is 0 Å². The maximum Gasteiger partial charge on any atom is 0.0182 e. The predicted molar refractivity (Wildman–Crippen MR) is 38.9 cm³/mol. The number of hydrazine groups is 1. The van der Waals surface area contributed by atoms with Gasteiger partial charge in [0.1, 0.15) is 0 Å². The van der Waals surface area contributed by atoms with Gasteiger partial charge in [-0.2, -0.15) is 0 Å². The second-order valence-corrected chi connectivity index (χ2v) is 1.86. The summed E-state index contributed by atoms with van der Waals surface area (Å²) >= 11 is 0. The highest BCUT2D eigenvalue weighted by molar-refractivity contribution is 5.85. The number of hydrogen-bond acceptors (Lipinski definition) is 2. The Bertz CT molecular complexity index is 41.4. The fourth-order valence-electron chi connectivity index (χ4n) is 0.516. The molecule has 0 bridgehead atoms. The number of hydrogen-bond donors (Lipinski definition) is 2. The molecule has 0 amide bonds. The van der Waals surface area contributed by atoms with Gasteiger partial charge >= 0.3 is 0 Å². The van der Waals surface area contributed by atoms with Gasteiger partial charge in [0.15, 0.2) is 0 Å². The molecule has 0 aliphatic carbocycles. The number of nitrogens with two attached hydrogens (primary N) is 1. The standard InChI is InChI=1S/C5H14N2.ClH/c1-3-4-5(2)7-6;/h5,7H,3-4,6H2,1-2H3;1H. The molecule has 0 saturated carbocycles. The summed E-state index contributed by atoms with van der Waals surface area (Å²) in [5.74, 6) is 5.11. The lowest BCUT2D eigenvalue weighted by atomic mass is 10.2. The zero-order valence-electron chi connectivity index (χ0n) is 5.48. The smallest absolute Gasteiger partial charge is 0.0182 e. The molecule has 0 rings (SSSR count). The summed E-state index contributed by atoms with van der Waals surface area (Å²) in [5.41, 5.74) is 2.67. The van der Waals surface area contributed by atoms with Gasteiger partial charge in [-0.05, 0) is 13.3 Å². The Morgan fingerprint density at radius 3 is 2.25 bits per heavy atom. The molecule has 0 aromatic rings. The summed E-state index contributed by atoms with van der Waals surface area (Å²) in [6.07, 6.45) is 2.36. The normalized spacial score (nSPS) is 12.4. The van der Waals surface area contributed by atoms with E-state index in [1.165, 1.54) is 6.42 Å². The van der Waals surface area contributed by atoms with Crippen LogP contribution in [0.25, 0.3) is 0 Å². The lowest BCUT2D eigenvalue weighted by molar-refractivity contribution is 0.525. The maximum atomic E-state index is 5.11. The van der Waals surface area contributed by atoms with Crippen molar-refractivity contribution >= 4 is 12.4 Å². The van der Waals surface area contributed by atoms with Crippen molar-refractivity contribution in [1.29, 1.82) is 0 Å². The minimum atomic E-state index is 0. The first-order valence-corrected chi connectivity index (χ1v) is 2.77. The lowest BCUT2D eigenvalue weighted by Gasteiger charge is -2.05. The third-order valence-electron chi connectivity index (χ3n) is 1.01. The van der Waals surface area contributed by atoms with E-state index in [0.29, 0.717) is 6.04 Å². The third kappa shape index (κ3) is 6.21.